The van der Waals surface area contributed by atoms with Crippen LogP contribution >= 0.6 is 15.9 Å². The smallest absolute Gasteiger partial charge is 0.240 e. The molecule has 6 heteroatoms. The molecule has 0 fully saturated rings. The van der Waals surface area contributed by atoms with E-state index in [2.05, 4.69) is 64.3 Å². The van der Waals surface area contributed by atoms with Gasteiger partial charge in [0.15, 0.2) is 0 Å². The third kappa shape index (κ3) is 5.70. The molecular weight excluding hydrogens is 430 g/mol. The maximum absolute atomic E-state index is 12.0. The van der Waals surface area contributed by atoms with E-state index < -0.39 is 0 Å². The standard InChI is InChI=1S/C23H26BrN3O2/c1-23(2,3)17-10-11-21(19(24)13-17)29-12-6-9-22(28)27-26-15-16-14-25-20-8-5-4-7-18(16)20/h4-5,7-8,10-11,13-15,25H,6,9,12H2,1-3H3,(H,27,28)/b26-15+. The van der Waals surface area contributed by atoms with E-state index in [4.69, 9.17) is 4.74 Å². The van der Waals surface area contributed by atoms with Crippen LogP contribution in [0.3, 0.4) is 0 Å². The minimum absolute atomic E-state index is 0.0896. The lowest BCUT2D eigenvalue weighted by Crippen LogP contribution is -2.18. The molecule has 3 aromatic rings. The highest BCUT2D eigenvalue weighted by Gasteiger charge is 2.15. The molecule has 0 atom stereocenters. The number of halogens is 1. The molecule has 2 aromatic carbocycles. The highest BCUT2D eigenvalue weighted by Crippen LogP contribution is 2.31. The number of aromatic amines is 1. The van der Waals surface area contributed by atoms with E-state index in [0.29, 0.717) is 19.4 Å². The molecule has 0 saturated heterocycles. The first-order chi connectivity index (χ1) is 13.8. The molecular formula is C23H26BrN3O2. The number of nitrogens with one attached hydrogen (secondary N) is 2. The van der Waals surface area contributed by atoms with Gasteiger partial charge in [0.1, 0.15) is 5.75 Å². The van der Waals surface area contributed by atoms with Crippen molar-refractivity contribution in [2.75, 3.05) is 6.61 Å². The Labute approximate surface area is 179 Å². The van der Waals surface area contributed by atoms with Gasteiger partial charge in [-0.25, -0.2) is 5.43 Å². The summed E-state index contributed by atoms with van der Waals surface area (Å²) >= 11 is 3.56. The van der Waals surface area contributed by atoms with Crippen molar-refractivity contribution in [3.05, 3.63) is 64.3 Å². The molecule has 3 rings (SSSR count). The first-order valence-electron chi connectivity index (χ1n) is 9.65. The van der Waals surface area contributed by atoms with Crippen molar-refractivity contribution in [2.45, 2.75) is 39.0 Å². The predicted octanol–water partition coefficient (Wildman–Crippen LogP) is 5.54. The molecule has 0 aliphatic heterocycles. The van der Waals surface area contributed by atoms with Crippen LogP contribution in [0.5, 0.6) is 5.75 Å². The van der Waals surface area contributed by atoms with E-state index in [0.717, 1.165) is 26.7 Å². The summed E-state index contributed by atoms with van der Waals surface area (Å²) in [6.45, 7) is 6.99. The fraction of sp³-hybridized carbons (Fsp3) is 0.304. The quantitative estimate of drug-likeness (QED) is 0.279. The third-order valence-corrected chi connectivity index (χ3v) is 5.24. The van der Waals surface area contributed by atoms with Gasteiger partial charge < -0.3 is 9.72 Å². The SMILES string of the molecule is CC(C)(C)c1ccc(OCCCC(=O)N/N=C/c2c[nH]c3ccccc23)c(Br)c1. The predicted molar refractivity (Wildman–Crippen MR) is 122 cm³/mol. The van der Waals surface area contributed by atoms with Gasteiger partial charge in [0.05, 0.1) is 17.3 Å². The molecule has 0 radical (unpaired) electrons. The van der Waals surface area contributed by atoms with Gasteiger partial charge in [-0.2, -0.15) is 5.10 Å². The molecule has 0 aliphatic carbocycles. The number of hydrogen-bond donors (Lipinski definition) is 2. The summed E-state index contributed by atoms with van der Waals surface area (Å²) in [5.74, 6) is 0.655. The van der Waals surface area contributed by atoms with Crippen LogP contribution in [0.15, 0.2) is 58.2 Å². The molecule has 0 spiro atoms. The summed E-state index contributed by atoms with van der Waals surface area (Å²) < 4.78 is 6.73. The Balaban J connectivity index is 1.42. The summed E-state index contributed by atoms with van der Waals surface area (Å²) in [6, 6.07) is 14.1. The Morgan fingerprint density at radius 3 is 2.79 bits per heavy atom. The lowest BCUT2D eigenvalue weighted by atomic mass is 9.87. The minimum atomic E-state index is -0.133. The molecule has 152 valence electrons. The lowest BCUT2D eigenvalue weighted by Gasteiger charge is -2.20. The maximum Gasteiger partial charge on any atom is 0.240 e. The molecule has 0 saturated carbocycles. The topological polar surface area (TPSA) is 66.5 Å². The van der Waals surface area contributed by atoms with Crippen molar-refractivity contribution in [3.8, 4) is 5.75 Å². The number of nitrogens with zero attached hydrogens (tertiary/aromatic N) is 1. The monoisotopic (exact) mass is 455 g/mol. The van der Waals surface area contributed by atoms with Crippen LogP contribution in [0.1, 0.15) is 44.7 Å². The number of ether oxygens (including phenoxy) is 1. The van der Waals surface area contributed by atoms with Gasteiger partial charge in [0.25, 0.3) is 0 Å². The number of amides is 1. The fourth-order valence-corrected chi connectivity index (χ4v) is 3.42. The molecule has 1 aromatic heterocycles. The number of benzene rings is 2. The second-order valence-electron chi connectivity index (χ2n) is 7.93. The van der Waals surface area contributed by atoms with Gasteiger partial charge in [-0.05, 0) is 51.5 Å². The van der Waals surface area contributed by atoms with Crippen LogP contribution in [-0.2, 0) is 10.2 Å². The zero-order valence-electron chi connectivity index (χ0n) is 17.0. The van der Waals surface area contributed by atoms with Crippen LogP contribution in [0.2, 0.25) is 0 Å². The highest BCUT2D eigenvalue weighted by atomic mass is 79.9. The molecule has 2 N–H and O–H groups in total. The van der Waals surface area contributed by atoms with E-state index in [1.165, 1.54) is 5.56 Å². The van der Waals surface area contributed by atoms with Gasteiger partial charge >= 0.3 is 0 Å². The van der Waals surface area contributed by atoms with E-state index in [1.54, 1.807) is 6.21 Å². The molecule has 29 heavy (non-hydrogen) atoms. The number of carbonyl (C=O) groups is 1. The van der Waals surface area contributed by atoms with Crippen molar-refractivity contribution in [2.24, 2.45) is 5.10 Å². The van der Waals surface area contributed by atoms with Gasteiger partial charge in [-0.1, -0.05) is 45.0 Å². The Morgan fingerprint density at radius 1 is 1.24 bits per heavy atom. The summed E-state index contributed by atoms with van der Waals surface area (Å²) in [7, 11) is 0. The van der Waals surface area contributed by atoms with E-state index in [1.807, 2.05) is 36.5 Å². The van der Waals surface area contributed by atoms with Crippen molar-refractivity contribution >= 4 is 39.0 Å². The van der Waals surface area contributed by atoms with Gasteiger partial charge in [-0.15, -0.1) is 0 Å². The first-order valence-corrected chi connectivity index (χ1v) is 10.4. The molecule has 0 bridgehead atoms. The number of hydrogen-bond acceptors (Lipinski definition) is 3. The summed E-state index contributed by atoms with van der Waals surface area (Å²) in [4.78, 5) is 15.1. The van der Waals surface area contributed by atoms with Crippen LogP contribution in [0, 0.1) is 0 Å². The van der Waals surface area contributed by atoms with Crippen LogP contribution in [0.25, 0.3) is 10.9 Å². The van der Waals surface area contributed by atoms with Gasteiger partial charge in [0.2, 0.25) is 5.91 Å². The molecule has 0 unspecified atom stereocenters. The Kier molecular flexibility index (Phi) is 6.75. The second kappa shape index (κ2) is 9.27. The number of hydrazone groups is 1. The Morgan fingerprint density at radius 2 is 2.03 bits per heavy atom. The average molecular weight is 456 g/mol. The van der Waals surface area contributed by atoms with Crippen molar-refractivity contribution in [3.63, 3.8) is 0 Å². The number of fused-ring (bicyclic) bond motifs is 1. The molecule has 1 heterocycles. The number of carbonyl (C=O) groups excluding carboxylic acids is 1. The van der Waals surface area contributed by atoms with Gasteiger partial charge in [0, 0.05) is 29.1 Å². The Hall–Kier alpha value is -2.60. The molecule has 5 nitrogen and oxygen atoms in total. The maximum atomic E-state index is 12.0. The minimum Gasteiger partial charge on any atom is -0.492 e. The van der Waals surface area contributed by atoms with Crippen LogP contribution < -0.4 is 10.2 Å². The molecule has 0 aliphatic rings. The van der Waals surface area contributed by atoms with Crippen LogP contribution in [0.4, 0.5) is 0 Å². The first kappa shape index (κ1) is 21.1. The van der Waals surface area contributed by atoms with E-state index in [9.17, 15) is 4.79 Å². The Bertz CT molecular complexity index is 1020. The largest absolute Gasteiger partial charge is 0.492 e. The van der Waals surface area contributed by atoms with Crippen molar-refractivity contribution < 1.29 is 9.53 Å². The number of para-hydroxylation sites is 1. The number of H-pyrrole nitrogens is 1. The second-order valence-corrected chi connectivity index (χ2v) is 8.78. The average Bonchev–Trinajstić information content (AvgIpc) is 3.09. The van der Waals surface area contributed by atoms with Crippen LogP contribution in [-0.4, -0.2) is 23.7 Å². The zero-order chi connectivity index (χ0) is 20.9. The highest BCUT2D eigenvalue weighted by molar-refractivity contribution is 9.10. The van der Waals surface area contributed by atoms with Crippen molar-refractivity contribution in [1.29, 1.82) is 0 Å². The summed E-state index contributed by atoms with van der Waals surface area (Å²) in [6.07, 6.45) is 4.49. The number of aromatic nitrogens is 1. The number of rotatable bonds is 7. The zero-order valence-corrected chi connectivity index (χ0v) is 18.5. The lowest BCUT2D eigenvalue weighted by molar-refractivity contribution is -0.121. The fourth-order valence-electron chi connectivity index (χ4n) is 2.93. The normalized spacial score (nSPS) is 11.9. The third-order valence-electron chi connectivity index (χ3n) is 4.62. The molecule has 1 amide bonds. The summed E-state index contributed by atoms with van der Waals surface area (Å²) in [5.41, 5.74) is 5.88. The van der Waals surface area contributed by atoms with E-state index >= 15 is 0 Å². The van der Waals surface area contributed by atoms with Gasteiger partial charge in [-0.3, -0.25) is 4.79 Å². The van der Waals surface area contributed by atoms with Crippen molar-refractivity contribution in [1.82, 2.24) is 10.4 Å². The van der Waals surface area contributed by atoms with E-state index in [-0.39, 0.29) is 11.3 Å². The summed E-state index contributed by atoms with van der Waals surface area (Å²) in [5, 5.41) is 5.13.